The molecule has 0 fully saturated rings. The summed E-state index contributed by atoms with van der Waals surface area (Å²) in [4.78, 5) is 1.99. The van der Waals surface area contributed by atoms with Crippen molar-refractivity contribution in [3.8, 4) is 0 Å². The summed E-state index contributed by atoms with van der Waals surface area (Å²) in [5.74, 6) is 0. The van der Waals surface area contributed by atoms with E-state index in [-0.39, 0.29) is 5.50 Å². The van der Waals surface area contributed by atoms with Gasteiger partial charge in [0.2, 0.25) is 0 Å². The van der Waals surface area contributed by atoms with Gasteiger partial charge in [-0.15, -0.1) is 31.3 Å². The van der Waals surface area contributed by atoms with E-state index in [9.17, 15) is 0 Å². The molecular formula is C9H14ClN. The molecule has 0 spiro atoms. The van der Waals surface area contributed by atoms with Gasteiger partial charge in [-0.25, -0.2) is 0 Å². The van der Waals surface area contributed by atoms with E-state index in [0.717, 1.165) is 13.1 Å². The van der Waals surface area contributed by atoms with Gasteiger partial charge >= 0.3 is 0 Å². The van der Waals surface area contributed by atoms with Gasteiger partial charge in [0.1, 0.15) is 5.50 Å². The van der Waals surface area contributed by atoms with Crippen LogP contribution in [-0.4, -0.2) is 23.5 Å². The number of hydrogen-bond acceptors (Lipinski definition) is 1. The number of rotatable bonds is 6. The third-order valence-corrected chi connectivity index (χ3v) is 1.72. The molecule has 0 rings (SSSR count). The minimum Gasteiger partial charge on any atom is -0.277 e. The zero-order valence-electron chi connectivity index (χ0n) is 6.67. The van der Waals surface area contributed by atoms with Gasteiger partial charge < -0.3 is 0 Å². The van der Waals surface area contributed by atoms with Crippen LogP contribution in [0.3, 0.4) is 0 Å². The van der Waals surface area contributed by atoms with Crippen molar-refractivity contribution in [3.05, 3.63) is 38.0 Å². The van der Waals surface area contributed by atoms with E-state index >= 15 is 0 Å². The lowest BCUT2D eigenvalue weighted by molar-refractivity contribution is 0.344. The molecule has 0 aliphatic heterocycles. The van der Waals surface area contributed by atoms with Crippen LogP contribution in [0.5, 0.6) is 0 Å². The largest absolute Gasteiger partial charge is 0.277 e. The fourth-order valence-corrected chi connectivity index (χ4v) is 0.916. The maximum Gasteiger partial charge on any atom is 0.104 e. The predicted octanol–water partition coefficient (Wildman–Crippen LogP) is 2.41. The fraction of sp³-hybridized carbons (Fsp3) is 0.333. The van der Waals surface area contributed by atoms with Gasteiger partial charge in [-0.3, -0.25) is 4.90 Å². The summed E-state index contributed by atoms with van der Waals surface area (Å²) >= 11 is 5.90. The molecule has 0 aromatic carbocycles. The predicted molar refractivity (Wildman–Crippen MR) is 51.8 cm³/mol. The zero-order chi connectivity index (χ0) is 8.69. The first kappa shape index (κ1) is 10.5. The van der Waals surface area contributed by atoms with Crippen LogP contribution in [0.2, 0.25) is 0 Å². The topological polar surface area (TPSA) is 3.24 Å². The van der Waals surface area contributed by atoms with E-state index in [2.05, 4.69) is 19.7 Å². The van der Waals surface area contributed by atoms with E-state index in [1.807, 2.05) is 17.1 Å². The van der Waals surface area contributed by atoms with Crippen molar-refractivity contribution in [2.24, 2.45) is 0 Å². The molecule has 0 aromatic heterocycles. The van der Waals surface area contributed by atoms with Crippen LogP contribution in [0.1, 0.15) is 0 Å². The summed E-state index contributed by atoms with van der Waals surface area (Å²) in [5.41, 5.74) is -0.133. The molecule has 11 heavy (non-hydrogen) atoms. The Morgan fingerprint density at radius 2 is 1.64 bits per heavy atom. The lowest BCUT2D eigenvalue weighted by Gasteiger charge is -2.21. The van der Waals surface area contributed by atoms with Crippen molar-refractivity contribution in [2.75, 3.05) is 13.1 Å². The Morgan fingerprint density at radius 1 is 1.18 bits per heavy atom. The Labute approximate surface area is 73.7 Å². The van der Waals surface area contributed by atoms with Crippen molar-refractivity contribution in [3.63, 3.8) is 0 Å². The van der Waals surface area contributed by atoms with Crippen molar-refractivity contribution in [2.45, 2.75) is 5.50 Å². The van der Waals surface area contributed by atoms with Gasteiger partial charge in [0, 0.05) is 13.1 Å². The minimum atomic E-state index is -0.133. The van der Waals surface area contributed by atoms with Crippen LogP contribution in [0, 0.1) is 0 Å². The highest BCUT2D eigenvalue weighted by molar-refractivity contribution is 6.21. The summed E-state index contributed by atoms with van der Waals surface area (Å²) in [7, 11) is 0. The Bertz CT molecular complexity index is 132. The fourth-order valence-electron chi connectivity index (χ4n) is 0.757. The highest BCUT2D eigenvalue weighted by Crippen LogP contribution is 2.04. The summed E-state index contributed by atoms with van der Waals surface area (Å²) in [6.45, 7) is 12.4. The second-order valence-corrected chi connectivity index (χ2v) is 2.59. The molecule has 0 aromatic rings. The molecule has 62 valence electrons. The van der Waals surface area contributed by atoms with Crippen molar-refractivity contribution >= 4 is 11.6 Å². The molecule has 0 saturated carbocycles. The van der Waals surface area contributed by atoms with Gasteiger partial charge in [-0.1, -0.05) is 18.2 Å². The standard InChI is InChI=1S/C9H14ClN/c1-4-7-11(8-5-2)9(10)6-3/h4-6,9H,1-3,7-8H2. The minimum absolute atomic E-state index is 0.133. The maximum absolute atomic E-state index is 5.90. The first-order chi connectivity index (χ1) is 5.26. The van der Waals surface area contributed by atoms with E-state index in [4.69, 9.17) is 11.6 Å². The molecule has 0 amide bonds. The Hall–Kier alpha value is -0.530. The van der Waals surface area contributed by atoms with Crippen molar-refractivity contribution in [1.29, 1.82) is 0 Å². The SMILES string of the molecule is C=CCN(CC=C)C(Cl)C=C. The maximum atomic E-state index is 5.90. The molecule has 0 aliphatic carbocycles. The van der Waals surface area contributed by atoms with Crippen LogP contribution < -0.4 is 0 Å². The van der Waals surface area contributed by atoms with Gasteiger partial charge in [-0.2, -0.15) is 0 Å². The van der Waals surface area contributed by atoms with Gasteiger partial charge in [0.05, 0.1) is 0 Å². The quantitative estimate of drug-likeness (QED) is 0.337. The first-order valence-electron chi connectivity index (χ1n) is 3.48. The lowest BCUT2D eigenvalue weighted by atomic mass is 10.4. The number of alkyl halides is 1. The average Bonchev–Trinajstić information content (AvgIpc) is 2.03. The van der Waals surface area contributed by atoms with Crippen LogP contribution in [0.25, 0.3) is 0 Å². The third kappa shape index (κ3) is 4.02. The number of halogens is 1. The smallest absolute Gasteiger partial charge is 0.104 e. The van der Waals surface area contributed by atoms with E-state index in [1.54, 1.807) is 6.08 Å². The monoisotopic (exact) mass is 171 g/mol. The Balaban J connectivity index is 3.94. The summed E-state index contributed by atoms with van der Waals surface area (Å²) in [5, 5.41) is 0. The first-order valence-corrected chi connectivity index (χ1v) is 3.92. The van der Waals surface area contributed by atoms with E-state index in [1.165, 1.54) is 0 Å². The molecular weight excluding hydrogens is 158 g/mol. The zero-order valence-corrected chi connectivity index (χ0v) is 7.43. The molecule has 1 atom stereocenters. The molecule has 0 aliphatic rings. The van der Waals surface area contributed by atoms with Crippen molar-refractivity contribution < 1.29 is 0 Å². The molecule has 0 heterocycles. The molecule has 0 bridgehead atoms. The number of nitrogens with zero attached hydrogens (tertiary/aromatic N) is 1. The highest BCUT2D eigenvalue weighted by Gasteiger charge is 2.07. The van der Waals surface area contributed by atoms with Crippen LogP contribution in [-0.2, 0) is 0 Å². The average molecular weight is 172 g/mol. The molecule has 2 heteroatoms. The second-order valence-electron chi connectivity index (χ2n) is 2.14. The van der Waals surface area contributed by atoms with E-state index in [0.29, 0.717) is 0 Å². The molecule has 0 N–H and O–H groups in total. The van der Waals surface area contributed by atoms with Gasteiger partial charge in [0.15, 0.2) is 0 Å². The normalized spacial score (nSPS) is 12.5. The second kappa shape index (κ2) is 6.20. The van der Waals surface area contributed by atoms with Crippen LogP contribution in [0.4, 0.5) is 0 Å². The van der Waals surface area contributed by atoms with Crippen LogP contribution >= 0.6 is 11.6 Å². The third-order valence-electron chi connectivity index (χ3n) is 1.27. The Morgan fingerprint density at radius 3 is 1.91 bits per heavy atom. The lowest BCUT2D eigenvalue weighted by Crippen LogP contribution is -2.29. The molecule has 0 radical (unpaired) electrons. The van der Waals surface area contributed by atoms with E-state index < -0.39 is 0 Å². The molecule has 0 saturated heterocycles. The Kier molecular flexibility index (Phi) is 5.90. The molecule has 1 unspecified atom stereocenters. The summed E-state index contributed by atoms with van der Waals surface area (Å²) in [6, 6.07) is 0. The highest BCUT2D eigenvalue weighted by atomic mass is 35.5. The summed E-state index contributed by atoms with van der Waals surface area (Å²) in [6.07, 6.45) is 5.30. The van der Waals surface area contributed by atoms with Crippen LogP contribution in [0.15, 0.2) is 38.0 Å². The van der Waals surface area contributed by atoms with Crippen molar-refractivity contribution in [1.82, 2.24) is 4.90 Å². The molecule has 1 nitrogen and oxygen atoms in total. The summed E-state index contributed by atoms with van der Waals surface area (Å²) < 4.78 is 0. The number of hydrogen-bond donors (Lipinski definition) is 0. The van der Waals surface area contributed by atoms with Gasteiger partial charge in [-0.05, 0) is 0 Å². The van der Waals surface area contributed by atoms with Gasteiger partial charge in [0.25, 0.3) is 0 Å².